The molecule has 44 heavy (non-hydrogen) atoms. The fraction of sp³-hybridized carbons (Fsp3) is 0.543. The third-order valence-electron chi connectivity index (χ3n) is 7.86. The molecule has 4 rings (SSSR count). The van der Waals surface area contributed by atoms with Crippen LogP contribution in [0.2, 0.25) is 0 Å². The zero-order valence-corrected chi connectivity index (χ0v) is 27.9. The number of carboxylic acids is 2. The Kier molecular flexibility index (Phi) is 16.4. The van der Waals surface area contributed by atoms with E-state index in [1.807, 2.05) is 24.6 Å². The fourth-order valence-corrected chi connectivity index (χ4v) is 5.60. The normalized spacial score (nSPS) is 20.3. The molecule has 2 aliphatic rings. The molecular formula is C35H48CoN2O6. The molecule has 8 nitrogen and oxygen atoms in total. The molecule has 3 unspecified atom stereocenters. The zero-order valence-electron chi connectivity index (χ0n) is 26.8. The number of carbonyl (C=O) groups excluding carboxylic acids is 2. The van der Waals surface area contributed by atoms with Gasteiger partial charge in [-0.25, -0.2) is 0 Å². The second-order valence-electron chi connectivity index (χ2n) is 12.6. The summed E-state index contributed by atoms with van der Waals surface area (Å²) >= 11 is 0. The number of benzene rings is 2. The maximum atomic E-state index is 10.5. The maximum absolute atomic E-state index is 10.5. The molecule has 2 aliphatic carbocycles. The third-order valence-corrected chi connectivity index (χ3v) is 7.86. The minimum Gasteiger partial charge on any atom is -0.550 e. The van der Waals surface area contributed by atoms with Gasteiger partial charge >= 0.3 is 16.8 Å². The number of fused-ring (bicyclic) bond motifs is 2. The van der Waals surface area contributed by atoms with Gasteiger partial charge in [0.25, 0.3) is 0 Å². The third kappa shape index (κ3) is 13.2. The molecular weight excluding hydrogens is 603 g/mol. The van der Waals surface area contributed by atoms with Crippen molar-refractivity contribution in [2.24, 2.45) is 27.7 Å². The number of aromatic hydroxyl groups is 2. The van der Waals surface area contributed by atoms with Crippen LogP contribution in [0.15, 0.2) is 46.4 Å². The van der Waals surface area contributed by atoms with E-state index in [1.54, 1.807) is 12.1 Å². The number of hydrogen-bond donors (Lipinski definition) is 2. The molecule has 2 fully saturated rings. The monoisotopic (exact) mass is 651 g/mol. The van der Waals surface area contributed by atoms with E-state index in [-0.39, 0.29) is 39.9 Å². The maximum Gasteiger partial charge on any atom is 2.00 e. The molecule has 243 valence electrons. The fourth-order valence-electron chi connectivity index (χ4n) is 5.60. The van der Waals surface area contributed by atoms with Crippen LogP contribution in [-0.4, -0.2) is 46.2 Å². The van der Waals surface area contributed by atoms with Crippen LogP contribution in [0.4, 0.5) is 0 Å². The van der Waals surface area contributed by atoms with Crippen LogP contribution >= 0.6 is 0 Å². The molecule has 2 saturated carbocycles. The Balaban J connectivity index is 0.000000962. The first kappa shape index (κ1) is 38.9. The summed E-state index contributed by atoms with van der Waals surface area (Å²) in [5, 5.41) is 38.7. The van der Waals surface area contributed by atoms with E-state index >= 15 is 0 Å². The molecule has 9 heteroatoms. The van der Waals surface area contributed by atoms with E-state index in [0.717, 1.165) is 69.9 Å². The SMILES string of the molecule is CC(=O)[O-].CC(=O)[O-].CC(C)CCc1ccc(O)c(C=NC2CC3CCC2(N=Cc2cc(CCC(C)C)ccc2O)C3)c1.[Co+2]. The number of aryl methyl sites for hydroxylation is 2. The number of phenolic OH excluding ortho intramolecular Hbond substituents is 2. The predicted molar refractivity (Wildman–Crippen MR) is 168 cm³/mol. The Morgan fingerprint density at radius 3 is 1.77 bits per heavy atom. The summed E-state index contributed by atoms with van der Waals surface area (Å²) in [7, 11) is 0. The molecule has 1 radical (unpaired) electrons. The first-order valence-electron chi connectivity index (χ1n) is 15.3. The van der Waals surface area contributed by atoms with Crippen LogP contribution in [0.5, 0.6) is 11.5 Å². The van der Waals surface area contributed by atoms with E-state index in [4.69, 9.17) is 29.8 Å². The molecule has 0 aromatic heterocycles. The summed E-state index contributed by atoms with van der Waals surface area (Å²) in [5.41, 5.74) is 3.88. The van der Waals surface area contributed by atoms with Gasteiger partial charge in [-0.3, -0.25) is 9.98 Å². The van der Waals surface area contributed by atoms with Gasteiger partial charge in [0.05, 0.1) is 11.6 Å². The topological polar surface area (TPSA) is 145 Å². The number of carboxylic acid groups (broad SMARTS) is 2. The van der Waals surface area contributed by atoms with Gasteiger partial charge in [0.1, 0.15) is 11.5 Å². The summed E-state index contributed by atoms with van der Waals surface area (Å²) < 4.78 is 0. The average Bonchev–Trinajstić information content (AvgIpc) is 3.48. The van der Waals surface area contributed by atoms with Gasteiger partial charge in [-0.2, -0.15) is 0 Å². The van der Waals surface area contributed by atoms with Crippen LogP contribution in [0, 0.1) is 17.8 Å². The van der Waals surface area contributed by atoms with Gasteiger partial charge in [-0.1, -0.05) is 39.8 Å². The van der Waals surface area contributed by atoms with Gasteiger partial charge < -0.3 is 30.0 Å². The average molecular weight is 652 g/mol. The van der Waals surface area contributed by atoms with Gasteiger partial charge in [-0.05, 0) is 118 Å². The number of phenols is 2. The molecule has 0 amide bonds. The van der Waals surface area contributed by atoms with Crippen LogP contribution in [0.1, 0.15) is 102 Å². The smallest absolute Gasteiger partial charge is 0.550 e. The largest absolute Gasteiger partial charge is 2.00 e. The first-order valence-corrected chi connectivity index (χ1v) is 15.3. The number of nitrogens with zero attached hydrogens (tertiary/aromatic N) is 2. The summed E-state index contributed by atoms with van der Waals surface area (Å²) in [4.78, 5) is 27.9. The molecule has 0 spiro atoms. The summed E-state index contributed by atoms with van der Waals surface area (Å²) in [6.07, 6.45) is 12.4. The van der Waals surface area contributed by atoms with Crippen LogP contribution in [0.3, 0.4) is 0 Å². The Morgan fingerprint density at radius 2 is 1.34 bits per heavy atom. The number of carbonyl (C=O) groups is 2. The van der Waals surface area contributed by atoms with E-state index in [9.17, 15) is 10.2 Å². The molecule has 2 N–H and O–H groups in total. The Morgan fingerprint density at radius 1 is 0.886 bits per heavy atom. The quantitative estimate of drug-likeness (QED) is 0.358. The van der Waals surface area contributed by atoms with Crippen molar-refractivity contribution in [3.05, 3.63) is 58.7 Å². The summed E-state index contributed by atoms with van der Waals surface area (Å²) in [6.45, 7) is 10.9. The van der Waals surface area contributed by atoms with Crippen molar-refractivity contribution in [3.8, 4) is 11.5 Å². The van der Waals surface area contributed by atoms with E-state index in [2.05, 4.69) is 39.8 Å². The van der Waals surface area contributed by atoms with Gasteiger partial charge in [0, 0.05) is 35.5 Å². The molecule has 2 aromatic rings. The molecule has 0 heterocycles. The summed E-state index contributed by atoms with van der Waals surface area (Å²) in [5.74, 6) is 0.372. The minimum absolute atomic E-state index is 0. The van der Waals surface area contributed by atoms with Crippen LogP contribution in [-0.2, 0) is 39.2 Å². The molecule has 3 atom stereocenters. The van der Waals surface area contributed by atoms with Crippen molar-refractivity contribution in [3.63, 3.8) is 0 Å². The van der Waals surface area contributed by atoms with Gasteiger partial charge in [-0.15, -0.1) is 0 Å². The minimum atomic E-state index is -1.08. The predicted octanol–water partition coefficient (Wildman–Crippen LogP) is 4.63. The molecule has 2 bridgehead atoms. The van der Waals surface area contributed by atoms with Crippen molar-refractivity contribution in [1.29, 1.82) is 0 Å². The van der Waals surface area contributed by atoms with Gasteiger partial charge in [0.2, 0.25) is 0 Å². The van der Waals surface area contributed by atoms with Crippen molar-refractivity contribution in [1.82, 2.24) is 0 Å². The molecule has 0 aliphatic heterocycles. The van der Waals surface area contributed by atoms with E-state index in [0.29, 0.717) is 17.8 Å². The Hall–Kier alpha value is -3.17. The number of rotatable bonds is 10. The van der Waals surface area contributed by atoms with Crippen molar-refractivity contribution in [2.45, 2.75) is 104 Å². The van der Waals surface area contributed by atoms with E-state index in [1.165, 1.54) is 17.5 Å². The number of aliphatic carboxylic acids is 2. The molecule has 2 aromatic carbocycles. The summed E-state index contributed by atoms with van der Waals surface area (Å²) in [6, 6.07) is 11.9. The van der Waals surface area contributed by atoms with Crippen LogP contribution < -0.4 is 10.2 Å². The van der Waals surface area contributed by atoms with Crippen LogP contribution in [0.25, 0.3) is 0 Å². The zero-order chi connectivity index (χ0) is 32.2. The van der Waals surface area contributed by atoms with Crippen molar-refractivity contribution >= 4 is 24.4 Å². The molecule has 0 saturated heterocycles. The van der Waals surface area contributed by atoms with Crippen molar-refractivity contribution in [2.75, 3.05) is 0 Å². The standard InChI is InChI=1S/C31H42N2O2.2C2H4O2.Co/c1-21(2)5-7-23-9-11-28(34)26(15-23)19-32-30-17-25-13-14-31(30,18-25)33-20-27-16-24(8-6-22(3)4)10-12-29(27)35;2*1-2(3)4;/h9-12,15-16,19-22,25,30,34-35H,5-8,13-14,17-18H2,1-4H3;2*1H3,(H,3,4);/q;;;+2/p-2. The van der Waals surface area contributed by atoms with E-state index < -0.39 is 11.9 Å². The number of aliphatic imine (C=N–C) groups is 2. The van der Waals surface area contributed by atoms with Crippen molar-refractivity contribution < 1.29 is 46.8 Å². The Labute approximate surface area is 272 Å². The second-order valence-corrected chi connectivity index (χ2v) is 12.6. The Bertz CT molecular complexity index is 1260. The first-order chi connectivity index (χ1) is 20.2. The second kappa shape index (κ2) is 18.6. The number of hydrogen-bond acceptors (Lipinski definition) is 8. The van der Waals surface area contributed by atoms with Gasteiger partial charge in [0.15, 0.2) is 0 Å².